The lowest BCUT2D eigenvalue weighted by atomic mass is 10.2. The monoisotopic (exact) mass is 193 g/mol. The van der Waals surface area contributed by atoms with Crippen LogP contribution in [-0.2, 0) is 6.42 Å². The van der Waals surface area contributed by atoms with Gasteiger partial charge in [0.15, 0.2) is 0 Å². The van der Waals surface area contributed by atoms with Crippen molar-refractivity contribution in [3.63, 3.8) is 0 Å². The van der Waals surface area contributed by atoms with Gasteiger partial charge in [0.25, 0.3) is 0 Å². The highest BCUT2D eigenvalue weighted by molar-refractivity contribution is 7.80. The minimum absolute atomic E-state index is 0.451. The highest BCUT2D eigenvalue weighted by atomic mass is 32.1. The molecule has 2 nitrogen and oxygen atoms in total. The fourth-order valence-corrected chi connectivity index (χ4v) is 1.05. The number of rotatable bonds is 4. The number of ether oxygens (including phenoxy) is 1. The Morgan fingerprint density at radius 3 is 2.54 bits per heavy atom. The third kappa shape index (κ3) is 3.39. The minimum atomic E-state index is 0.451. The standard InChI is InChI=1S/C10H11NOS/c11-6-5-9-1-3-10(4-2-9)12-7-8-13/h1-4,13H,5,7-8H2. The Hall–Kier alpha value is -1.14. The Balaban J connectivity index is 2.55. The zero-order valence-electron chi connectivity index (χ0n) is 7.23. The maximum absolute atomic E-state index is 8.44. The summed E-state index contributed by atoms with van der Waals surface area (Å²) in [6.45, 7) is 0.612. The van der Waals surface area contributed by atoms with Crippen LogP contribution in [0.25, 0.3) is 0 Å². The molecular weight excluding hydrogens is 182 g/mol. The van der Waals surface area contributed by atoms with Gasteiger partial charge in [0.05, 0.1) is 19.1 Å². The lowest BCUT2D eigenvalue weighted by Crippen LogP contribution is -1.97. The van der Waals surface area contributed by atoms with Crippen LogP contribution >= 0.6 is 12.6 Å². The largest absolute Gasteiger partial charge is 0.493 e. The molecule has 1 aromatic carbocycles. The molecule has 0 heterocycles. The zero-order chi connectivity index (χ0) is 9.52. The van der Waals surface area contributed by atoms with Crippen LogP contribution < -0.4 is 4.74 Å². The molecule has 68 valence electrons. The molecular formula is C10H11NOS. The average molecular weight is 193 g/mol. The van der Waals surface area contributed by atoms with Gasteiger partial charge in [-0.05, 0) is 17.7 Å². The first kappa shape index (κ1) is 9.94. The maximum Gasteiger partial charge on any atom is 0.119 e. The molecule has 0 aliphatic heterocycles. The van der Waals surface area contributed by atoms with Crippen LogP contribution in [0.1, 0.15) is 5.56 Å². The van der Waals surface area contributed by atoms with Crippen molar-refractivity contribution in [2.24, 2.45) is 0 Å². The molecule has 0 amide bonds. The van der Waals surface area contributed by atoms with Crippen LogP contribution in [0.2, 0.25) is 0 Å². The molecule has 1 aromatic rings. The molecule has 0 spiro atoms. The maximum atomic E-state index is 8.44. The molecule has 0 saturated heterocycles. The van der Waals surface area contributed by atoms with Gasteiger partial charge in [0.1, 0.15) is 5.75 Å². The normalized spacial score (nSPS) is 9.23. The first-order valence-electron chi connectivity index (χ1n) is 4.06. The van der Waals surface area contributed by atoms with Crippen molar-refractivity contribution in [1.29, 1.82) is 5.26 Å². The Kier molecular flexibility index (Phi) is 4.20. The van der Waals surface area contributed by atoms with Gasteiger partial charge < -0.3 is 4.74 Å². The first-order chi connectivity index (χ1) is 6.36. The molecule has 13 heavy (non-hydrogen) atoms. The topological polar surface area (TPSA) is 33.0 Å². The van der Waals surface area contributed by atoms with E-state index in [-0.39, 0.29) is 0 Å². The molecule has 0 aromatic heterocycles. The van der Waals surface area contributed by atoms with Crippen molar-refractivity contribution in [3.8, 4) is 11.8 Å². The third-order valence-electron chi connectivity index (χ3n) is 1.57. The molecule has 0 atom stereocenters. The summed E-state index contributed by atoms with van der Waals surface area (Å²) in [7, 11) is 0. The van der Waals surface area contributed by atoms with E-state index in [1.165, 1.54) is 0 Å². The van der Waals surface area contributed by atoms with Crippen molar-refractivity contribution in [3.05, 3.63) is 29.8 Å². The Morgan fingerprint density at radius 1 is 1.31 bits per heavy atom. The van der Waals surface area contributed by atoms with E-state index in [1.54, 1.807) is 0 Å². The number of nitriles is 1. The van der Waals surface area contributed by atoms with Gasteiger partial charge in [-0.1, -0.05) is 12.1 Å². The predicted octanol–water partition coefficient (Wildman–Crippen LogP) is 2.06. The van der Waals surface area contributed by atoms with Crippen molar-refractivity contribution in [2.45, 2.75) is 6.42 Å². The van der Waals surface area contributed by atoms with E-state index in [0.717, 1.165) is 11.3 Å². The quantitative estimate of drug-likeness (QED) is 0.742. The highest BCUT2D eigenvalue weighted by Gasteiger charge is 1.93. The van der Waals surface area contributed by atoms with Gasteiger partial charge >= 0.3 is 0 Å². The van der Waals surface area contributed by atoms with Gasteiger partial charge in [-0.15, -0.1) is 0 Å². The predicted molar refractivity (Wildman–Crippen MR) is 55.1 cm³/mol. The number of hydrogen-bond acceptors (Lipinski definition) is 3. The van der Waals surface area contributed by atoms with Gasteiger partial charge in [0, 0.05) is 5.75 Å². The van der Waals surface area contributed by atoms with Crippen LogP contribution in [0.15, 0.2) is 24.3 Å². The smallest absolute Gasteiger partial charge is 0.119 e. The van der Waals surface area contributed by atoms with Crippen LogP contribution in [0.3, 0.4) is 0 Å². The number of nitrogens with zero attached hydrogens (tertiary/aromatic N) is 1. The fourth-order valence-electron chi connectivity index (χ4n) is 0.958. The van der Waals surface area contributed by atoms with Crippen molar-refractivity contribution in [1.82, 2.24) is 0 Å². The SMILES string of the molecule is N#CCc1ccc(OCCS)cc1. The minimum Gasteiger partial charge on any atom is -0.493 e. The second kappa shape index (κ2) is 5.50. The zero-order valence-corrected chi connectivity index (χ0v) is 8.13. The highest BCUT2D eigenvalue weighted by Crippen LogP contribution is 2.12. The third-order valence-corrected chi connectivity index (χ3v) is 1.75. The van der Waals surface area contributed by atoms with E-state index in [2.05, 4.69) is 18.7 Å². The molecule has 0 aliphatic carbocycles. The van der Waals surface area contributed by atoms with Crippen LogP contribution in [0, 0.1) is 11.3 Å². The van der Waals surface area contributed by atoms with E-state index in [4.69, 9.17) is 10.00 Å². The molecule has 3 heteroatoms. The summed E-state index contributed by atoms with van der Waals surface area (Å²) in [6, 6.07) is 9.64. The summed E-state index contributed by atoms with van der Waals surface area (Å²) in [6.07, 6.45) is 0.451. The lowest BCUT2D eigenvalue weighted by Gasteiger charge is -2.03. The van der Waals surface area contributed by atoms with Gasteiger partial charge in [-0.25, -0.2) is 0 Å². The summed E-state index contributed by atoms with van der Waals surface area (Å²) < 4.78 is 5.33. The Bertz CT molecular complexity index is 289. The lowest BCUT2D eigenvalue weighted by molar-refractivity contribution is 0.344. The van der Waals surface area contributed by atoms with Crippen LogP contribution in [-0.4, -0.2) is 12.4 Å². The molecule has 0 fully saturated rings. The summed E-state index contributed by atoms with van der Waals surface area (Å²) in [5.74, 6) is 1.54. The molecule has 0 bridgehead atoms. The number of hydrogen-bond donors (Lipinski definition) is 1. The van der Waals surface area contributed by atoms with Crippen LogP contribution in [0.4, 0.5) is 0 Å². The Morgan fingerprint density at radius 2 is 2.00 bits per heavy atom. The molecule has 0 N–H and O–H groups in total. The first-order valence-corrected chi connectivity index (χ1v) is 4.69. The van der Waals surface area contributed by atoms with Crippen LogP contribution in [0.5, 0.6) is 5.75 Å². The van der Waals surface area contributed by atoms with E-state index in [1.807, 2.05) is 24.3 Å². The summed E-state index contributed by atoms with van der Waals surface area (Å²) in [5, 5.41) is 8.44. The van der Waals surface area contributed by atoms with Gasteiger partial charge in [-0.3, -0.25) is 0 Å². The molecule has 0 aliphatic rings. The van der Waals surface area contributed by atoms with Crippen molar-refractivity contribution >= 4 is 12.6 Å². The van der Waals surface area contributed by atoms with E-state index >= 15 is 0 Å². The summed E-state index contributed by atoms with van der Waals surface area (Å²) >= 11 is 4.04. The number of thiol groups is 1. The fraction of sp³-hybridized carbons (Fsp3) is 0.300. The molecule has 0 saturated carbocycles. The summed E-state index contributed by atoms with van der Waals surface area (Å²) in [5.41, 5.74) is 1.01. The van der Waals surface area contributed by atoms with Crippen molar-refractivity contribution < 1.29 is 4.74 Å². The van der Waals surface area contributed by atoms with Crippen molar-refractivity contribution in [2.75, 3.05) is 12.4 Å². The average Bonchev–Trinajstić information content (AvgIpc) is 2.17. The van der Waals surface area contributed by atoms with E-state index in [0.29, 0.717) is 18.8 Å². The molecule has 1 rings (SSSR count). The molecule has 0 radical (unpaired) electrons. The molecule has 0 unspecified atom stereocenters. The van der Waals surface area contributed by atoms with Gasteiger partial charge in [0.2, 0.25) is 0 Å². The van der Waals surface area contributed by atoms with Gasteiger partial charge in [-0.2, -0.15) is 17.9 Å². The summed E-state index contributed by atoms with van der Waals surface area (Å²) in [4.78, 5) is 0. The van der Waals surface area contributed by atoms with E-state index in [9.17, 15) is 0 Å². The second-order valence-corrected chi connectivity index (χ2v) is 3.00. The van der Waals surface area contributed by atoms with E-state index < -0.39 is 0 Å². The Labute approximate surface area is 83.6 Å². The second-order valence-electron chi connectivity index (χ2n) is 2.55. The number of benzene rings is 1.